The van der Waals surface area contributed by atoms with Gasteiger partial charge in [0.15, 0.2) is 5.78 Å². The quantitative estimate of drug-likeness (QED) is 0.568. The largest absolute Gasteiger partial charge is 0.465 e. The van der Waals surface area contributed by atoms with Gasteiger partial charge in [-0.05, 0) is 64.7 Å². The van der Waals surface area contributed by atoms with Crippen LogP contribution in [0.3, 0.4) is 0 Å². The fraction of sp³-hybridized carbons (Fsp3) is 0.462. The maximum atomic E-state index is 13.3. The van der Waals surface area contributed by atoms with Gasteiger partial charge in [0.2, 0.25) is 0 Å². The normalized spacial score (nSPS) is 18.6. The summed E-state index contributed by atoms with van der Waals surface area (Å²) in [5, 5.41) is 15.9. The molecule has 8 nitrogen and oxygen atoms in total. The summed E-state index contributed by atoms with van der Waals surface area (Å²) in [4.78, 5) is 22.6. The number of allylic oxidation sites excluding steroid dienone is 2. The van der Waals surface area contributed by atoms with E-state index < -0.39 is 0 Å². The molecular formula is C26H33N5O3. The van der Waals surface area contributed by atoms with Crippen LogP contribution in [0.5, 0.6) is 0 Å². The summed E-state index contributed by atoms with van der Waals surface area (Å²) in [5.41, 5.74) is 5.17. The number of furan rings is 1. The minimum absolute atomic E-state index is 0.111. The van der Waals surface area contributed by atoms with Gasteiger partial charge in [-0.25, -0.2) is 9.97 Å². The Bertz CT molecular complexity index is 1260. The molecule has 1 aliphatic heterocycles. The van der Waals surface area contributed by atoms with Crippen LogP contribution in [0.4, 0.5) is 5.82 Å². The van der Waals surface area contributed by atoms with Gasteiger partial charge in [0.05, 0.1) is 11.6 Å². The van der Waals surface area contributed by atoms with Crippen LogP contribution in [-0.4, -0.2) is 37.2 Å². The summed E-state index contributed by atoms with van der Waals surface area (Å²) in [6.45, 7) is 14.0. The van der Waals surface area contributed by atoms with Crippen molar-refractivity contribution >= 4 is 11.6 Å². The van der Waals surface area contributed by atoms with Crippen molar-refractivity contribution in [3.63, 3.8) is 0 Å². The van der Waals surface area contributed by atoms with Crippen LogP contribution in [-0.2, 0) is 4.79 Å². The Hall–Kier alpha value is -3.26. The Balaban J connectivity index is 0.000000868. The summed E-state index contributed by atoms with van der Waals surface area (Å²) in [6, 6.07) is 5.86. The molecule has 3 aromatic rings. The number of aryl methyl sites for hydroxylation is 4. The lowest BCUT2D eigenvalue weighted by molar-refractivity contribution is -0.118. The predicted molar refractivity (Wildman–Crippen MR) is 130 cm³/mol. The highest BCUT2D eigenvalue weighted by molar-refractivity contribution is 6.01. The van der Waals surface area contributed by atoms with E-state index in [1.54, 1.807) is 11.6 Å². The molecule has 1 atom stereocenters. The van der Waals surface area contributed by atoms with Gasteiger partial charge >= 0.3 is 0 Å². The summed E-state index contributed by atoms with van der Waals surface area (Å²) in [6.07, 6.45) is 1.30. The Morgan fingerprint density at radius 1 is 1.15 bits per heavy atom. The molecule has 2 aliphatic rings. The average Bonchev–Trinajstić information content (AvgIpc) is 3.29. The van der Waals surface area contributed by atoms with Crippen molar-refractivity contribution in [1.29, 1.82) is 0 Å². The SMILES string of the molecule is CCO.Cc1cc(C)nc(-n2nc(C)c3c2NC2=C(C(=O)CC(C)(C)C2)C3c2ccc(C)o2)n1. The number of carbonyl (C=O) groups is 1. The third-order valence-corrected chi connectivity index (χ3v) is 6.08. The molecule has 3 aromatic heterocycles. The molecule has 0 radical (unpaired) electrons. The number of Topliss-reactive ketones (excluding diaryl/α,β-unsaturated/α-hetero) is 1. The molecule has 5 rings (SSSR count). The third kappa shape index (κ3) is 4.30. The first-order valence-electron chi connectivity index (χ1n) is 11.7. The Morgan fingerprint density at radius 2 is 1.79 bits per heavy atom. The summed E-state index contributed by atoms with van der Waals surface area (Å²) < 4.78 is 7.82. The minimum Gasteiger partial charge on any atom is -0.465 e. The topological polar surface area (TPSA) is 106 Å². The molecule has 0 fully saturated rings. The van der Waals surface area contributed by atoms with Gasteiger partial charge in [-0.1, -0.05) is 13.8 Å². The second-order valence-electron chi connectivity index (χ2n) is 9.87. The molecule has 2 N–H and O–H groups in total. The number of nitrogens with zero attached hydrogens (tertiary/aromatic N) is 4. The van der Waals surface area contributed by atoms with Gasteiger partial charge in [0.25, 0.3) is 5.95 Å². The van der Waals surface area contributed by atoms with Crippen molar-refractivity contribution in [3.05, 3.63) is 63.6 Å². The van der Waals surface area contributed by atoms with Gasteiger partial charge in [-0.3, -0.25) is 4.79 Å². The highest BCUT2D eigenvalue weighted by Crippen LogP contribution is 2.50. The highest BCUT2D eigenvalue weighted by Gasteiger charge is 2.44. The lowest BCUT2D eigenvalue weighted by Gasteiger charge is -2.38. The van der Waals surface area contributed by atoms with Crippen LogP contribution >= 0.6 is 0 Å². The molecule has 0 saturated heterocycles. The monoisotopic (exact) mass is 463 g/mol. The van der Waals surface area contributed by atoms with E-state index >= 15 is 0 Å². The van der Waals surface area contributed by atoms with Crippen LogP contribution in [0.1, 0.15) is 73.7 Å². The summed E-state index contributed by atoms with van der Waals surface area (Å²) >= 11 is 0. The first-order chi connectivity index (χ1) is 16.0. The van der Waals surface area contributed by atoms with Crippen LogP contribution < -0.4 is 5.32 Å². The summed E-state index contributed by atoms with van der Waals surface area (Å²) in [7, 11) is 0. The van der Waals surface area contributed by atoms with Crippen LogP contribution in [0, 0.1) is 33.1 Å². The zero-order valence-electron chi connectivity index (χ0n) is 21.0. The average molecular weight is 464 g/mol. The number of rotatable bonds is 2. The molecule has 0 bridgehead atoms. The summed E-state index contributed by atoms with van der Waals surface area (Å²) in [5.74, 6) is 2.80. The second kappa shape index (κ2) is 8.83. The first kappa shape index (κ1) is 23.9. The molecule has 0 aromatic carbocycles. The number of hydrogen-bond donors (Lipinski definition) is 2. The fourth-order valence-electron chi connectivity index (χ4n) is 4.91. The van der Waals surface area contributed by atoms with Crippen LogP contribution in [0.15, 0.2) is 33.9 Å². The van der Waals surface area contributed by atoms with E-state index in [4.69, 9.17) is 14.6 Å². The number of nitrogens with one attached hydrogen (secondary N) is 1. The lowest BCUT2D eigenvalue weighted by atomic mass is 9.70. The Morgan fingerprint density at radius 3 is 2.38 bits per heavy atom. The van der Waals surface area contributed by atoms with E-state index in [2.05, 4.69) is 29.1 Å². The number of fused-ring (bicyclic) bond motifs is 1. The molecule has 34 heavy (non-hydrogen) atoms. The zero-order chi connectivity index (χ0) is 24.8. The maximum absolute atomic E-state index is 13.3. The lowest BCUT2D eigenvalue weighted by Crippen LogP contribution is -2.34. The molecular weight excluding hydrogens is 430 g/mol. The molecule has 180 valence electrons. The van der Waals surface area contributed by atoms with Crippen LogP contribution in [0.2, 0.25) is 0 Å². The molecule has 0 spiro atoms. The highest BCUT2D eigenvalue weighted by atomic mass is 16.3. The van der Waals surface area contributed by atoms with Crippen molar-refractivity contribution < 1.29 is 14.3 Å². The van der Waals surface area contributed by atoms with Crippen molar-refractivity contribution in [2.45, 2.75) is 67.2 Å². The van der Waals surface area contributed by atoms with E-state index in [9.17, 15) is 4.79 Å². The van der Waals surface area contributed by atoms with E-state index in [1.165, 1.54) is 0 Å². The number of aromatic nitrogens is 4. The minimum atomic E-state index is -0.289. The van der Waals surface area contributed by atoms with Crippen LogP contribution in [0.25, 0.3) is 5.95 Å². The zero-order valence-corrected chi connectivity index (χ0v) is 21.0. The van der Waals surface area contributed by atoms with Gasteiger partial charge < -0.3 is 14.8 Å². The smallest absolute Gasteiger partial charge is 0.252 e. The Labute approximate surface area is 200 Å². The van der Waals surface area contributed by atoms with Crippen molar-refractivity contribution in [1.82, 2.24) is 19.7 Å². The molecule has 8 heteroatoms. The molecule has 0 amide bonds. The van der Waals surface area contributed by atoms with E-state index in [-0.39, 0.29) is 23.7 Å². The van der Waals surface area contributed by atoms with Gasteiger partial charge in [-0.2, -0.15) is 9.78 Å². The van der Waals surface area contributed by atoms with E-state index in [0.29, 0.717) is 12.4 Å². The predicted octanol–water partition coefficient (Wildman–Crippen LogP) is 4.69. The first-order valence-corrected chi connectivity index (χ1v) is 11.7. The van der Waals surface area contributed by atoms with Gasteiger partial charge in [0.1, 0.15) is 17.3 Å². The number of hydrogen-bond acceptors (Lipinski definition) is 7. The maximum Gasteiger partial charge on any atom is 0.252 e. The number of ketones is 1. The fourth-order valence-corrected chi connectivity index (χ4v) is 4.91. The van der Waals surface area contributed by atoms with E-state index in [0.717, 1.165) is 57.7 Å². The standard InChI is InChI=1S/C24H27N5O2.C2H6O/c1-12-9-13(2)26-23(25-12)29-22-19(15(4)28-29)21(18-8-7-14(3)31-18)20-16(27-22)10-24(5,6)11-17(20)30;1-2-3/h7-9,21,27H,10-11H2,1-6H3;3H,2H2,1H3. The number of carbonyl (C=O) groups excluding carboxylic acids is 1. The van der Waals surface area contributed by atoms with Gasteiger partial charge in [0, 0.05) is 41.2 Å². The van der Waals surface area contributed by atoms with Crippen molar-refractivity contribution in [2.75, 3.05) is 11.9 Å². The second-order valence-corrected chi connectivity index (χ2v) is 9.87. The molecule has 1 unspecified atom stereocenters. The molecule has 0 saturated carbocycles. The number of aliphatic hydroxyl groups excluding tert-OH is 1. The van der Waals surface area contributed by atoms with Gasteiger partial charge in [-0.15, -0.1) is 0 Å². The number of anilines is 1. The third-order valence-electron chi connectivity index (χ3n) is 6.08. The molecule has 1 aliphatic carbocycles. The Kier molecular flexibility index (Phi) is 6.20. The molecule has 4 heterocycles. The van der Waals surface area contributed by atoms with E-state index in [1.807, 2.05) is 45.9 Å². The van der Waals surface area contributed by atoms with Crippen molar-refractivity contribution in [3.8, 4) is 5.95 Å². The van der Waals surface area contributed by atoms with Crippen molar-refractivity contribution in [2.24, 2.45) is 5.41 Å². The number of aliphatic hydroxyl groups is 1.